The third kappa shape index (κ3) is 12.0. The minimum absolute atomic E-state index is 0.00464. The predicted octanol–water partition coefficient (Wildman–Crippen LogP) is 6.17. The van der Waals surface area contributed by atoms with Crippen LogP contribution in [0.2, 0.25) is 0 Å². The lowest BCUT2D eigenvalue weighted by molar-refractivity contribution is -0.143. The van der Waals surface area contributed by atoms with Gasteiger partial charge in [-0.25, -0.2) is 13.6 Å². The van der Waals surface area contributed by atoms with Crippen molar-refractivity contribution in [2.75, 3.05) is 26.4 Å². The van der Waals surface area contributed by atoms with E-state index in [-0.39, 0.29) is 41.4 Å². The molecule has 0 heterocycles. The number of hydrogen-bond acceptors (Lipinski definition) is 6. The first-order valence-electron chi connectivity index (χ1n) is 14.5. The zero-order valence-electron chi connectivity index (χ0n) is 24.5. The van der Waals surface area contributed by atoms with Gasteiger partial charge in [-0.3, -0.25) is 0 Å². The van der Waals surface area contributed by atoms with Crippen LogP contribution in [0.4, 0.5) is 8.78 Å². The Morgan fingerprint density at radius 1 is 0.905 bits per heavy atom. The highest BCUT2D eigenvalue weighted by Crippen LogP contribution is 2.22. The average Bonchev–Trinajstić information content (AvgIpc) is 3.01. The van der Waals surface area contributed by atoms with Crippen molar-refractivity contribution in [3.05, 3.63) is 94.6 Å². The van der Waals surface area contributed by atoms with Gasteiger partial charge in [0, 0.05) is 17.1 Å². The van der Waals surface area contributed by atoms with Crippen molar-refractivity contribution >= 4 is 18.1 Å². The van der Waals surface area contributed by atoms with Crippen LogP contribution in [0.5, 0.6) is 0 Å². The molecule has 0 aliphatic carbocycles. The summed E-state index contributed by atoms with van der Waals surface area (Å²) in [5.74, 6) is -2.83. The number of unbranched alkanes of at least 4 members (excludes halogenated alkanes) is 3. The molecule has 3 N–H and O–H groups in total. The van der Waals surface area contributed by atoms with E-state index in [0.717, 1.165) is 18.4 Å². The lowest BCUT2D eigenvalue weighted by Gasteiger charge is -2.20. The van der Waals surface area contributed by atoms with Crippen LogP contribution in [-0.4, -0.2) is 54.0 Å². The summed E-state index contributed by atoms with van der Waals surface area (Å²) < 4.78 is 40.2. The zero-order valence-corrected chi connectivity index (χ0v) is 24.5. The molecule has 0 aromatic heterocycles. The molecule has 2 rings (SSSR count). The molecule has 0 aliphatic heterocycles. The number of aliphatic hydroxyl groups excluding tert-OH is 3. The molecule has 0 aliphatic rings. The summed E-state index contributed by atoms with van der Waals surface area (Å²) in [6.45, 7) is 8.09. The first kappa shape index (κ1) is 35.0. The van der Waals surface area contributed by atoms with E-state index in [2.05, 4.69) is 32.2 Å². The van der Waals surface area contributed by atoms with E-state index in [9.17, 15) is 18.7 Å². The van der Waals surface area contributed by atoms with Gasteiger partial charge in [-0.05, 0) is 48.8 Å². The van der Waals surface area contributed by atoms with Gasteiger partial charge in [0.25, 0.3) is 0 Å². The Labute approximate surface area is 248 Å². The zero-order chi connectivity index (χ0) is 30.9. The van der Waals surface area contributed by atoms with Crippen LogP contribution in [0, 0.1) is 17.6 Å². The van der Waals surface area contributed by atoms with Crippen LogP contribution in [0.1, 0.15) is 67.7 Å². The lowest BCUT2D eigenvalue weighted by Crippen LogP contribution is -2.25. The number of benzene rings is 2. The monoisotopic (exact) mass is 586 g/mol. The Morgan fingerprint density at radius 2 is 1.62 bits per heavy atom. The molecule has 2 aromatic rings. The van der Waals surface area contributed by atoms with Crippen molar-refractivity contribution in [2.24, 2.45) is 5.92 Å². The number of aliphatic hydroxyl groups is 3. The third-order valence-electron chi connectivity index (χ3n) is 6.98. The SMILES string of the molecule is C=C(CO)C(=O)OCC(CCCCc1ccc(/C=C/c2ccc(CCCCC)cc2)c(F)c1F)COC(O)C(=C)CO. The number of halogens is 2. The number of aryl methyl sites for hydroxylation is 2. The standard InChI is InChI=1S/C34H44F2O6/c1-4-5-6-9-26-12-14-27(15-13-26)16-17-30-19-18-29(31(35)32(30)36)11-8-7-10-28(22-41-33(39)24(2)20-37)23-42-34(40)25(3)21-38/h12-19,28,33,37-39H,2-11,20-23H2,1H3/b17-16+. The average molecular weight is 587 g/mol. The molecule has 230 valence electrons. The van der Waals surface area contributed by atoms with Gasteiger partial charge in [0.2, 0.25) is 0 Å². The van der Waals surface area contributed by atoms with Gasteiger partial charge >= 0.3 is 5.97 Å². The second-order valence-corrected chi connectivity index (χ2v) is 10.4. The van der Waals surface area contributed by atoms with Crippen LogP contribution in [0.25, 0.3) is 12.2 Å². The summed E-state index contributed by atoms with van der Waals surface area (Å²) in [5, 5.41) is 28.0. The highest BCUT2D eigenvalue weighted by Gasteiger charge is 2.18. The van der Waals surface area contributed by atoms with E-state index in [1.165, 1.54) is 18.4 Å². The maximum atomic E-state index is 14.8. The normalized spacial score (nSPS) is 12.8. The minimum Gasteiger partial charge on any atom is -0.462 e. The Morgan fingerprint density at radius 3 is 2.29 bits per heavy atom. The Hall–Kier alpha value is -3.17. The summed E-state index contributed by atoms with van der Waals surface area (Å²) in [7, 11) is 0. The maximum absolute atomic E-state index is 14.8. The summed E-state index contributed by atoms with van der Waals surface area (Å²) in [5.41, 5.74) is 2.63. The molecule has 0 saturated heterocycles. The van der Waals surface area contributed by atoms with E-state index < -0.39 is 37.1 Å². The number of carbonyl (C=O) groups is 1. The molecule has 0 bridgehead atoms. The number of ether oxygens (including phenoxy) is 2. The van der Waals surface area contributed by atoms with Gasteiger partial charge < -0.3 is 24.8 Å². The third-order valence-corrected chi connectivity index (χ3v) is 6.98. The van der Waals surface area contributed by atoms with Gasteiger partial charge in [-0.1, -0.05) is 87.9 Å². The van der Waals surface area contributed by atoms with Crippen LogP contribution in [-0.2, 0) is 27.1 Å². The summed E-state index contributed by atoms with van der Waals surface area (Å²) in [4.78, 5) is 11.9. The van der Waals surface area contributed by atoms with Crippen molar-refractivity contribution in [2.45, 2.75) is 64.6 Å². The van der Waals surface area contributed by atoms with E-state index in [1.807, 2.05) is 12.1 Å². The smallest absolute Gasteiger partial charge is 0.335 e. The number of hydrogen-bond donors (Lipinski definition) is 3. The Kier molecular flexibility index (Phi) is 15.9. The predicted molar refractivity (Wildman–Crippen MR) is 161 cm³/mol. The van der Waals surface area contributed by atoms with Crippen molar-refractivity contribution in [1.82, 2.24) is 0 Å². The number of esters is 1. The summed E-state index contributed by atoms with van der Waals surface area (Å²) in [6, 6.07) is 11.3. The van der Waals surface area contributed by atoms with Gasteiger partial charge in [-0.2, -0.15) is 0 Å². The highest BCUT2D eigenvalue weighted by molar-refractivity contribution is 5.87. The quantitative estimate of drug-likeness (QED) is 0.0429. The molecule has 6 nitrogen and oxygen atoms in total. The second kappa shape index (κ2) is 19.1. The number of rotatable bonds is 20. The first-order valence-corrected chi connectivity index (χ1v) is 14.5. The molecule has 0 radical (unpaired) electrons. The molecule has 2 unspecified atom stereocenters. The van der Waals surface area contributed by atoms with Crippen molar-refractivity contribution in [1.29, 1.82) is 0 Å². The second-order valence-electron chi connectivity index (χ2n) is 10.4. The van der Waals surface area contributed by atoms with Gasteiger partial charge in [-0.15, -0.1) is 0 Å². The Balaban J connectivity index is 1.92. The summed E-state index contributed by atoms with van der Waals surface area (Å²) in [6.07, 6.45) is 8.46. The fraction of sp³-hybridized carbons (Fsp3) is 0.441. The number of carbonyl (C=O) groups excluding carboxylic acids is 1. The van der Waals surface area contributed by atoms with Gasteiger partial charge in [0.05, 0.1) is 32.0 Å². The highest BCUT2D eigenvalue weighted by atomic mass is 19.2. The molecule has 0 spiro atoms. The minimum atomic E-state index is -1.37. The van der Waals surface area contributed by atoms with E-state index in [0.29, 0.717) is 25.7 Å². The molecular weight excluding hydrogens is 542 g/mol. The first-order chi connectivity index (χ1) is 20.2. The fourth-order valence-corrected chi connectivity index (χ4v) is 4.23. The van der Waals surface area contributed by atoms with E-state index in [4.69, 9.17) is 19.7 Å². The van der Waals surface area contributed by atoms with Crippen LogP contribution in [0.15, 0.2) is 60.7 Å². The van der Waals surface area contributed by atoms with Gasteiger partial charge in [0.1, 0.15) is 0 Å². The van der Waals surface area contributed by atoms with Crippen LogP contribution < -0.4 is 0 Å². The van der Waals surface area contributed by atoms with Crippen molar-refractivity contribution in [3.63, 3.8) is 0 Å². The largest absolute Gasteiger partial charge is 0.462 e. The molecule has 2 atom stereocenters. The fourth-order valence-electron chi connectivity index (χ4n) is 4.23. The molecule has 0 fully saturated rings. The molecule has 2 aromatic carbocycles. The summed E-state index contributed by atoms with van der Waals surface area (Å²) >= 11 is 0. The lowest BCUT2D eigenvalue weighted by atomic mass is 9.99. The van der Waals surface area contributed by atoms with Gasteiger partial charge in [0.15, 0.2) is 17.9 Å². The molecular formula is C34H44F2O6. The van der Waals surface area contributed by atoms with Crippen molar-refractivity contribution in [3.8, 4) is 0 Å². The molecule has 0 amide bonds. The van der Waals surface area contributed by atoms with E-state index >= 15 is 0 Å². The molecule has 42 heavy (non-hydrogen) atoms. The van der Waals surface area contributed by atoms with Crippen LogP contribution >= 0.6 is 0 Å². The topological polar surface area (TPSA) is 96.2 Å². The van der Waals surface area contributed by atoms with Crippen LogP contribution in [0.3, 0.4) is 0 Å². The Bertz CT molecular complexity index is 1180. The molecule has 0 saturated carbocycles. The van der Waals surface area contributed by atoms with E-state index in [1.54, 1.807) is 24.3 Å². The maximum Gasteiger partial charge on any atom is 0.335 e. The van der Waals surface area contributed by atoms with Crippen molar-refractivity contribution < 1.29 is 38.4 Å². The molecule has 8 heteroatoms.